The first kappa shape index (κ1) is 11.1. The SMILES string of the molecule is ON=CC(Cc1ccc(Cl)nc1)=NC1CC1. The molecule has 1 aromatic rings. The molecule has 0 unspecified atom stereocenters. The molecule has 4 nitrogen and oxygen atoms in total. The van der Waals surface area contributed by atoms with Crippen LogP contribution >= 0.6 is 11.6 Å². The van der Waals surface area contributed by atoms with Gasteiger partial charge in [0.05, 0.1) is 18.0 Å². The second-order valence-corrected chi connectivity index (χ2v) is 4.15. The van der Waals surface area contributed by atoms with Gasteiger partial charge in [-0.25, -0.2) is 4.98 Å². The molecule has 0 saturated heterocycles. The molecule has 16 heavy (non-hydrogen) atoms. The predicted octanol–water partition coefficient (Wildman–Crippen LogP) is 2.34. The van der Waals surface area contributed by atoms with Gasteiger partial charge >= 0.3 is 0 Å². The van der Waals surface area contributed by atoms with Gasteiger partial charge in [0.2, 0.25) is 0 Å². The van der Waals surface area contributed by atoms with Crippen LogP contribution in [0.2, 0.25) is 5.15 Å². The monoisotopic (exact) mass is 237 g/mol. The summed E-state index contributed by atoms with van der Waals surface area (Å²) < 4.78 is 0. The van der Waals surface area contributed by atoms with E-state index in [9.17, 15) is 0 Å². The zero-order valence-corrected chi connectivity index (χ0v) is 9.43. The standard InChI is InChI=1S/C11H12ClN3O/c12-11-4-1-8(6-13-11)5-10(7-14-16)15-9-2-3-9/h1,4,6-7,9,16H,2-3,5H2. The maximum absolute atomic E-state index is 8.54. The molecule has 1 N–H and O–H groups in total. The molecule has 1 saturated carbocycles. The highest BCUT2D eigenvalue weighted by Gasteiger charge is 2.20. The second kappa shape index (κ2) is 5.07. The van der Waals surface area contributed by atoms with E-state index in [2.05, 4.69) is 15.1 Å². The smallest absolute Gasteiger partial charge is 0.129 e. The molecule has 0 spiro atoms. The lowest BCUT2D eigenvalue weighted by Crippen LogP contribution is -2.06. The molecular formula is C11H12ClN3O. The first-order chi connectivity index (χ1) is 7.78. The topological polar surface area (TPSA) is 57.8 Å². The second-order valence-electron chi connectivity index (χ2n) is 3.76. The van der Waals surface area contributed by atoms with Crippen LogP contribution in [-0.4, -0.2) is 28.2 Å². The summed E-state index contributed by atoms with van der Waals surface area (Å²) in [6, 6.07) is 4.04. The molecule has 1 aliphatic carbocycles. The van der Waals surface area contributed by atoms with E-state index in [-0.39, 0.29) is 0 Å². The average molecular weight is 238 g/mol. The zero-order chi connectivity index (χ0) is 11.4. The van der Waals surface area contributed by atoms with E-state index in [0.717, 1.165) is 24.1 Å². The number of rotatable bonds is 4. The van der Waals surface area contributed by atoms with Gasteiger partial charge in [0.25, 0.3) is 0 Å². The quantitative estimate of drug-likeness (QED) is 0.378. The van der Waals surface area contributed by atoms with Crippen molar-refractivity contribution in [1.82, 2.24) is 4.98 Å². The summed E-state index contributed by atoms with van der Waals surface area (Å²) in [7, 11) is 0. The fourth-order valence-corrected chi connectivity index (χ4v) is 1.46. The van der Waals surface area contributed by atoms with Crippen LogP contribution < -0.4 is 0 Å². The van der Waals surface area contributed by atoms with Crippen LogP contribution in [0.4, 0.5) is 0 Å². The van der Waals surface area contributed by atoms with Crippen LogP contribution in [0.3, 0.4) is 0 Å². The van der Waals surface area contributed by atoms with Crippen molar-refractivity contribution in [3.8, 4) is 0 Å². The molecule has 0 atom stereocenters. The molecule has 2 rings (SSSR count). The van der Waals surface area contributed by atoms with Crippen molar-refractivity contribution in [2.45, 2.75) is 25.3 Å². The highest BCUT2D eigenvalue weighted by molar-refractivity contribution is 6.31. The molecule has 0 bridgehead atoms. The summed E-state index contributed by atoms with van der Waals surface area (Å²) in [5.41, 5.74) is 1.78. The summed E-state index contributed by atoms with van der Waals surface area (Å²) in [6.07, 6.45) is 5.96. The van der Waals surface area contributed by atoms with Crippen molar-refractivity contribution in [3.63, 3.8) is 0 Å². The van der Waals surface area contributed by atoms with Crippen molar-refractivity contribution in [3.05, 3.63) is 29.0 Å². The first-order valence-electron chi connectivity index (χ1n) is 5.12. The number of aliphatic imine (C=N–C) groups is 1. The average Bonchev–Trinajstić information content (AvgIpc) is 3.06. The van der Waals surface area contributed by atoms with Crippen LogP contribution in [0.1, 0.15) is 18.4 Å². The minimum Gasteiger partial charge on any atom is -0.411 e. The molecule has 5 heteroatoms. The number of aromatic nitrogens is 1. The molecule has 1 heterocycles. The summed E-state index contributed by atoms with van der Waals surface area (Å²) in [5, 5.41) is 12.0. The lowest BCUT2D eigenvalue weighted by Gasteiger charge is -2.00. The Labute approximate surface area is 98.7 Å². The van der Waals surface area contributed by atoms with Crippen LogP contribution in [0.15, 0.2) is 28.5 Å². The van der Waals surface area contributed by atoms with Gasteiger partial charge in [-0.15, -0.1) is 0 Å². The summed E-state index contributed by atoms with van der Waals surface area (Å²) in [6.45, 7) is 0. The Kier molecular flexibility index (Phi) is 3.51. The predicted molar refractivity (Wildman–Crippen MR) is 63.7 cm³/mol. The van der Waals surface area contributed by atoms with E-state index in [1.54, 1.807) is 12.3 Å². The number of pyridine rings is 1. The highest BCUT2D eigenvalue weighted by atomic mass is 35.5. The third-order valence-electron chi connectivity index (χ3n) is 2.28. The number of hydrogen-bond donors (Lipinski definition) is 1. The van der Waals surface area contributed by atoms with Gasteiger partial charge in [-0.1, -0.05) is 22.8 Å². The Hall–Kier alpha value is -1.42. The minimum atomic E-state index is 0.410. The van der Waals surface area contributed by atoms with Crippen molar-refractivity contribution in [2.75, 3.05) is 0 Å². The normalized spacial score (nSPS) is 16.9. The van der Waals surface area contributed by atoms with E-state index >= 15 is 0 Å². The van der Waals surface area contributed by atoms with E-state index in [1.807, 2.05) is 6.07 Å². The van der Waals surface area contributed by atoms with Gasteiger partial charge in [0.1, 0.15) is 5.15 Å². The molecule has 0 aromatic carbocycles. The number of halogens is 1. The van der Waals surface area contributed by atoms with Crippen molar-refractivity contribution in [2.24, 2.45) is 10.1 Å². The Morgan fingerprint density at radius 3 is 2.94 bits per heavy atom. The lowest BCUT2D eigenvalue weighted by molar-refractivity contribution is 0.322. The van der Waals surface area contributed by atoms with E-state index in [4.69, 9.17) is 16.8 Å². The van der Waals surface area contributed by atoms with Crippen LogP contribution in [0, 0.1) is 0 Å². The Morgan fingerprint density at radius 1 is 1.56 bits per heavy atom. The van der Waals surface area contributed by atoms with Gasteiger partial charge in [-0.2, -0.15) is 0 Å². The Bertz CT molecular complexity index is 410. The van der Waals surface area contributed by atoms with Crippen molar-refractivity contribution < 1.29 is 5.21 Å². The highest BCUT2D eigenvalue weighted by Crippen LogP contribution is 2.23. The molecule has 1 aliphatic rings. The molecule has 0 radical (unpaired) electrons. The van der Waals surface area contributed by atoms with Crippen molar-refractivity contribution >= 4 is 23.5 Å². The van der Waals surface area contributed by atoms with Gasteiger partial charge in [-0.05, 0) is 24.5 Å². The summed E-state index contributed by atoms with van der Waals surface area (Å²) in [4.78, 5) is 8.43. The molecule has 84 valence electrons. The molecule has 0 aliphatic heterocycles. The number of hydrogen-bond acceptors (Lipinski definition) is 4. The number of nitrogens with zero attached hydrogens (tertiary/aromatic N) is 3. The third-order valence-corrected chi connectivity index (χ3v) is 2.50. The molecule has 1 fully saturated rings. The lowest BCUT2D eigenvalue weighted by atomic mass is 10.1. The van der Waals surface area contributed by atoms with Crippen LogP contribution in [0.25, 0.3) is 0 Å². The molecular weight excluding hydrogens is 226 g/mol. The summed E-state index contributed by atoms with van der Waals surface area (Å²) in [5.74, 6) is 0. The van der Waals surface area contributed by atoms with Crippen LogP contribution in [-0.2, 0) is 6.42 Å². The Balaban J connectivity index is 2.07. The van der Waals surface area contributed by atoms with E-state index in [0.29, 0.717) is 17.6 Å². The molecule has 0 amide bonds. The van der Waals surface area contributed by atoms with Gasteiger partial charge in [0.15, 0.2) is 0 Å². The summed E-state index contributed by atoms with van der Waals surface area (Å²) >= 11 is 5.70. The third kappa shape index (κ3) is 3.31. The van der Waals surface area contributed by atoms with Gasteiger partial charge in [0, 0.05) is 12.6 Å². The Morgan fingerprint density at radius 2 is 2.38 bits per heavy atom. The fourth-order valence-electron chi connectivity index (χ4n) is 1.35. The fraction of sp³-hybridized carbons (Fsp3) is 0.364. The zero-order valence-electron chi connectivity index (χ0n) is 8.67. The van der Waals surface area contributed by atoms with Crippen molar-refractivity contribution in [1.29, 1.82) is 0 Å². The molecule has 1 aromatic heterocycles. The minimum absolute atomic E-state index is 0.410. The van der Waals surface area contributed by atoms with E-state index < -0.39 is 0 Å². The number of oxime groups is 1. The van der Waals surface area contributed by atoms with E-state index in [1.165, 1.54) is 6.21 Å². The van der Waals surface area contributed by atoms with Gasteiger partial charge < -0.3 is 5.21 Å². The first-order valence-corrected chi connectivity index (χ1v) is 5.50. The maximum atomic E-state index is 8.54. The van der Waals surface area contributed by atoms with Gasteiger partial charge in [-0.3, -0.25) is 4.99 Å². The maximum Gasteiger partial charge on any atom is 0.129 e. The largest absolute Gasteiger partial charge is 0.411 e. The van der Waals surface area contributed by atoms with Crippen LogP contribution in [0.5, 0.6) is 0 Å².